The second-order valence-corrected chi connectivity index (χ2v) is 6.16. The number of methoxy groups -OCH3 is 1. The predicted octanol–water partition coefficient (Wildman–Crippen LogP) is 3.10. The van der Waals surface area contributed by atoms with Crippen molar-refractivity contribution < 1.29 is 14.3 Å². The second kappa shape index (κ2) is 8.33. The molecule has 0 aliphatic heterocycles. The summed E-state index contributed by atoms with van der Waals surface area (Å²) in [4.78, 5) is 26.3. The summed E-state index contributed by atoms with van der Waals surface area (Å²) < 4.78 is 4.77. The molecule has 0 unspecified atom stereocenters. The van der Waals surface area contributed by atoms with E-state index in [-0.39, 0.29) is 18.3 Å². The molecule has 0 saturated carbocycles. The summed E-state index contributed by atoms with van der Waals surface area (Å²) in [5.74, 6) is -0.592. The Labute approximate surface area is 148 Å². The van der Waals surface area contributed by atoms with Crippen LogP contribution >= 0.6 is 0 Å². The van der Waals surface area contributed by atoms with Gasteiger partial charge in [0.05, 0.1) is 19.6 Å². The molecule has 0 saturated heterocycles. The Morgan fingerprint density at radius 2 is 1.80 bits per heavy atom. The first kappa shape index (κ1) is 18.5. The van der Waals surface area contributed by atoms with Crippen LogP contribution in [-0.2, 0) is 9.53 Å². The number of hydrogen-bond acceptors (Lipinski definition) is 4. The fourth-order valence-corrected chi connectivity index (χ4v) is 2.47. The van der Waals surface area contributed by atoms with Gasteiger partial charge in [-0.1, -0.05) is 35.9 Å². The van der Waals surface area contributed by atoms with Gasteiger partial charge in [-0.2, -0.15) is 0 Å². The van der Waals surface area contributed by atoms with Gasteiger partial charge in [-0.3, -0.25) is 9.59 Å². The highest BCUT2D eigenvalue weighted by atomic mass is 16.5. The second-order valence-electron chi connectivity index (χ2n) is 6.16. The van der Waals surface area contributed by atoms with Crippen molar-refractivity contribution in [2.24, 2.45) is 0 Å². The molecule has 1 amide bonds. The summed E-state index contributed by atoms with van der Waals surface area (Å²) in [5.41, 5.74) is 3.47. The lowest BCUT2D eigenvalue weighted by molar-refractivity contribution is -0.141. The number of carbonyl (C=O) groups is 2. The fourth-order valence-electron chi connectivity index (χ4n) is 2.47. The highest BCUT2D eigenvalue weighted by Gasteiger charge is 2.20. The van der Waals surface area contributed by atoms with Crippen molar-refractivity contribution in [2.45, 2.75) is 19.4 Å². The highest BCUT2D eigenvalue weighted by molar-refractivity contribution is 5.95. The van der Waals surface area contributed by atoms with E-state index in [1.807, 2.05) is 68.4 Å². The number of anilines is 1. The van der Waals surface area contributed by atoms with Gasteiger partial charge in [-0.15, -0.1) is 0 Å². The van der Waals surface area contributed by atoms with Gasteiger partial charge < -0.3 is 15.0 Å². The lowest BCUT2D eigenvalue weighted by atomic mass is 10.0. The summed E-state index contributed by atoms with van der Waals surface area (Å²) >= 11 is 0. The van der Waals surface area contributed by atoms with Crippen molar-refractivity contribution in [1.82, 2.24) is 5.32 Å². The van der Waals surface area contributed by atoms with Crippen LogP contribution in [0.1, 0.15) is 33.9 Å². The molecule has 132 valence electrons. The van der Waals surface area contributed by atoms with Crippen LogP contribution in [0.4, 0.5) is 5.69 Å². The zero-order chi connectivity index (χ0) is 18.4. The zero-order valence-corrected chi connectivity index (χ0v) is 15.1. The third kappa shape index (κ3) is 5.08. The number of rotatable bonds is 6. The van der Waals surface area contributed by atoms with Crippen molar-refractivity contribution >= 4 is 17.6 Å². The number of aryl methyl sites for hydroxylation is 1. The van der Waals surface area contributed by atoms with Gasteiger partial charge >= 0.3 is 5.97 Å². The zero-order valence-electron chi connectivity index (χ0n) is 15.1. The Morgan fingerprint density at radius 1 is 1.12 bits per heavy atom. The van der Waals surface area contributed by atoms with Crippen LogP contribution < -0.4 is 10.2 Å². The average molecular weight is 340 g/mol. The van der Waals surface area contributed by atoms with Gasteiger partial charge in [0, 0.05) is 25.3 Å². The summed E-state index contributed by atoms with van der Waals surface area (Å²) in [6, 6.07) is 14.7. The van der Waals surface area contributed by atoms with E-state index in [1.165, 1.54) is 7.11 Å². The minimum atomic E-state index is -0.441. The van der Waals surface area contributed by atoms with Gasteiger partial charge in [0.25, 0.3) is 5.91 Å². The first-order valence-electron chi connectivity index (χ1n) is 8.12. The largest absolute Gasteiger partial charge is 0.469 e. The number of ether oxygens (including phenoxy) is 1. The molecule has 5 heteroatoms. The van der Waals surface area contributed by atoms with Gasteiger partial charge in [-0.25, -0.2) is 0 Å². The van der Waals surface area contributed by atoms with Crippen LogP contribution in [0.25, 0.3) is 0 Å². The van der Waals surface area contributed by atoms with E-state index in [4.69, 9.17) is 4.74 Å². The molecule has 0 aliphatic rings. The van der Waals surface area contributed by atoms with Crippen LogP contribution in [0.5, 0.6) is 0 Å². The van der Waals surface area contributed by atoms with Crippen LogP contribution in [0.15, 0.2) is 48.5 Å². The van der Waals surface area contributed by atoms with E-state index in [0.717, 1.165) is 16.8 Å². The Balaban J connectivity index is 2.23. The Hall–Kier alpha value is -2.82. The maximum Gasteiger partial charge on any atom is 0.307 e. The van der Waals surface area contributed by atoms with Crippen LogP contribution in [0, 0.1) is 6.92 Å². The Morgan fingerprint density at radius 3 is 2.40 bits per heavy atom. The van der Waals surface area contributed by atoms with Crippen LogP contribution in [-0.4, -0.2) is 33.1 Å². The number of nitrogens with zero attached hydrogens (tertiary/aromatic N) is 1. The fraction of sp³-hybridized carbons (Fsp3) is 0.300. The molecular formula is C20H24N2O3. The Kier molecular flexibility index (Phi) is 6.17. The smallest absolute Gasteiger partial charge is 0.307 e. The lowest BCUT2D eigenvalue weighted by Crippen LogP contribution is -2.30. The first-order valence-corrected chi connectivity index (χ1v) is 8.12. The monoisotopic (exact) mass is 340 g/mol. The molecule has 1 N–H and O–H groups in total. The molecule has 0 radical (unpaired) electrons. The minimum Gasteiger partial charge on any atom is -0.469 e. The number of benzene rings is 2. The molecule has 0 heterocycles. The lowest BCUT2D eigenvalue weighted by Gasteiger charge is -2.19. The first-order chi connectivity index (χ1) is 11.9. The van der Waals surface area contributed by atoms with E-state index in [9.17, 15) is 9.59 Å². The topological polar surface area (TPSA) is 58.6 Å². The molecule has 5 nitrogen and oxygen atoms in total. The molecule has 0 aromatic heterocycles. The van der Waals surface area contributed by atoms with E-state index < -0.39 is 6.04 Å². The molecule has 0 aliphatic carbocycles. The van der Waals surface area contributed by atoms with Gasteiger partial charge in [-0.05, 0) is 30.7 Å². The summed E-state index contributed by atoms with van der Waals surface area (Å²) in [6.45, 7) is 1.99. The standard InChI is InChI=1S/C20H24N2O3/c1-14-8-10-15(11-9-14)18(13-19(23)25-4)21-20(24)16-6-5-7-17(12-16)22(2)3/h5-12,18H,13H2,1-4H3,(H,21,24)/t18-/m0/s1. The normalized spacial score (nSPS) is 11.5. The number of carbonyl (C=O) groups excluding carboxylic acids is 2. The number of esters is 1. The van der Waals surface area contributed by atoms with Crippen molar-refractivity contribution in [2.75, 3.05) is 26.1 Å². The summed E-state index contributed by atoms with van der Waals surface area (Å²) in [6.07, 6.45) is 0.0820. The number of hydrogen-bond donors (Lipinski definition) is 1. The van der Waals surface area contributed by atoms with E-state index in [0.29, 0.717) is 5.56 Å². The van der Waals surface area contributed by atoms with Crippen LogP contribution in [0.2, 0.25) is 0 Å². The Bertz CT molecular complexity index is 739. The molecule has 0 bridgehead atoms. The third-order valence-corrected chi connectivity index (χ3v) is 4.01. The van der Waals surface area contributed by atoms with Gasteiger partial charge in [0.1, 0.15) is 0 Å². The molecule has 2 aromatic rings. The van der Waals surface area contributed by atoms with E-state index in [2.05, 4.69) is 5.32 Å². The summed E-state index contributed by atoms with van der Waals surface area (Å²) in [7, 11) is 5.18. The van der Waals surface area contributed by atoms with Gasteiger partial charge in [0.2, 0.25) is 0 Å². The molecule has 2 aromatic carbocycles. The minimum absolute atomic E-state index is 0.0820. The van der Waals surface area contributed by atoms with Crippen molar-refractivity contribution in [3.8, 4) is 0 Å². The highest BCUT2D eigenvalue weighted by Crippen LogP contribution is 2.20. The SMILES string of the molecule is COC(=O)C[C@H](NC(=O)c1cccc(N(C)C)c1)c1ccc(C)cc1. The maximum absolute atomic E-state index is 12.7. The molecular weight excluding hydrogens is 316 g/mol. The molecule has 1 atom stereocenters. The van der Waals surface area contributed by atoms with Crippen molar-refractivity contribution in [3.05, 3.63) is 65.2 Å². The number of amides is 1. The maximum atomic E-state index is 12.7. The average Bonchev–Trinajstić information content (AvgIpc) is 2.61. The third-order valence-electron chi connectivity index (χ3n) is 4.01. The van der Waals surface area contributed by atoms with E-state index >= 15 is 0 Å². The van der Waals surface area contributed by atoms with Crippen LogP contribution in [0.3, 0.4) is 0 Å². The van der Waals surface area contributed by atoms with Gasteiger partial charge in [0.15, 0.2) is 0 Å². The number of nitrogens with one attached hydrogen (secondary N) is 1. The van der Waals surface area contributed by atoms with Crippen molar-refractivity contribution in [1.29, 1.82) is 0 Å². The molecule has 2 rings (SSSR count). The predicted molar refractivity (Wildman–Crippen MR) is 98.8 cm³/mol. The quantitative estimate of drug-likeness (QED) is 0.821. The van der Waals surface area contributed by atoms with Crippen molar-refractivity contribution in [3.63, 3.8) is 0 Å². The van der Waals surface area contributed by atoms with E-state index in [1.54, 1.807) is 6.07 Å². The summed E-state index contributed by atoms with van der Waals surface area (Å²) in [5, 5.41) is 2.94. The molecule has 25 heavy (non-hydrogen) atoms. The molecule has 0 fully saturated rings. The molecule has 0 spiro atoms.